The second-order valence-electron chi connectivity index (χ2n) is 16.2. The van der Waals surface area contributed by atoms with E-state index in [-0.39, 0.29) is 43.7 Å². The number of carboxylic acid groups (broad SMARTS) is 1. The highest BCUT2D eigenvalue weighted by molar-refractivity contribution is 5.78. The van der Waals surface area contributed by atoms with Crippen molar-refractivity contribution in [3.05, 3.63) is 35.4 Å². The fourth-order valence-corrected chi connectivity index (χ4v) is 7.86. The maximum Gasteiger partial charge on any atom is 0.332 e. The molecule has 17 heteroatoms. The van der Waals surface area contributed by atoms with Crippen LogP contribution in [0.1, 0.15) is 104 Å². The van der Waals surface area contributed by atoms with Crippen molar-refractivity contribution in [2.45, 2.75) is 173 Å². The molecule has 0 aromatic heterocycles. The van der Waals surface area contributed by atoms with E-state index in [1.54, 1.807) is 20.8 Å². The van der Waals surface area contributed by atoms with Crippen LogP contribution in [0.2, 0.25) is 0 Å². The van der Waals surface area contributed by atoms with Gasteiger partial charge in [-0.2, -0.15) is 0 Å². The molecule has 1 aliphatic heterocycles. The second kappa shape index (κ2) is 25.8. The van der Waals surface area contributed by atoms with Crippen LogP contribution in [0.15, 0.2) is 24.3 Å². The topological polar surface area (TPSA) is 269 Å². The third kappa shape index (κ3) is 16.5. The molecule has 1 heterocycles. The van der Waals surface area contributed by atoms with Crippen LogP contribution in [0.3, 0.4) is 0 Å². The molecule has 1 saturated heterocycles. The highest BCUT2D eigenvalue weighted by atomic mass is 16.7. The molecule has 1 aromatic carbocycles. The van der Waals surface area contributed by atoms with Gasteiger partial charge in [-0.25, -0.2) is 4.79 Å². The fraction of sp³-hybridized carbons (Fsp3) is 0.786. The summed E-state index contributed by atoms with van der Waals surface area (Å²) >= 11 is 0. The number of ether oxygens (including phenoxy) is 5. The Morgan fingerprint density at radius 3 is 2.22 bits per heavy atom. The van der Waals surface area contributed by atoms with Crippen LogP contribution in [0.25, 0.3) is 0 Å². The highest BCUT2D eigenvalue weighted by Crippen LogP contribution is 2.32. The van der Waals surface area contributed by atoms with Gasteiger partial charge in [0.05, 0.1) is 32.0 Å². The number of hydrogen-bond acceptors (Lipinski definition) is 14. The second-order valence-corrected chi connectivity index (χ2v) is 16.2. The van der Waals surface area contributed by atoms with E-state index in [1.807, 2.05) is 31.2 Å². The van der Waals surface area contributed by atoms with Crippen molar-refractivity contribution < 1.29 is 68.7 Å². The minimum absolute atomic E-state index is 0.130. The van der Waals surface area contributed by atoms with Gasteiger partial charge in [0.1, 0.15) is 36.6 Å². The molecule has 13 atom stereocenters. The van der Waals surface area contributed by atoms with Crippen molar-refractivity contribution in [3.63, 3.8) is 0 Å². The summed E-state index contributed by atoms with van der Waals surface area (Å²) in [5, 5.41) is 66.6. The van der Waals surface area contributed by atoms with Crippen LogP contribution >= 0.6 is 0 Å². The minimum atomic E-state index is -1.50. The van der Waals surface area contributed by atoms with Gasteiger partial charge >= 0.3 is 5.97 Å². The van der Waals surface area contributed by atoms with E-state index in [2.05, 4.69) is 10.6 Å². The number of carboxylic acids is 1. The summed E-state index contributed by atoms with van der Waals surface area (Å²) < 4.78 is 30.2. The van der Waals surface area contributed by atoms with Crippen molar-refractivity contribution in [2.24, 2.45) is 23.5 Å². The Kier molecular flexibility index (Phi) is 22.1. The first kappa shape index (κ1) is 50.5. The smallest absolute Gasteiger partial charge is 0.332 e. The fourth-order valence-electron chi connectivity index (χ4n) is 7.86. The number of aliphatic carboxylic acids is 1. The van der Waals surface area contributed by atoms with Crippen molar-refractivity contribution in [3.8, 4) is 0 Å². The van der Waals surface area contributed by atoms with Gasteiger partial charge in [-0.15, -0.1) is 0 Å². The lowest BCUT2D eigenvalue weighted by atomic mass is 9.85. The number of hydrogen-bond donors (Lipinski definition) is 9. The molecule has 3 rings (SSSR count). The number of benzene rings is 1. The Bertz CT molecular complexity index is 1380. The number of nitrogens with two attached hydrogens (primary N) is 1. The minimum Gasteiger partial charge on any atom is -0.479 e. The molecule has 10 N–H and O–H groups in total. The Morgan fingerprint density at radius 2 is 1.64 bits per heavy atom. The van der Waals surface area contributed by atoms with Crippen molar-refractivity contribution in [1.82, 2.24) is 10.6 Å². The quantitative estimate of drug-likeness (QED) is 0.0598. The van der Waals surface area contributed by atoms with Crippen molar-refractivity contribution in [1.29, 1.82) is 0 Å². The summed E-state index contributed by atoms with van der Waals surface area (Å²) in [6.45, 7) is 7.74. The number of carbonyl (C=O) groups excluding carboxylic acids is 2. The van der Waals surface area contributed by atoms with Crippen molar-refractivity contribution >= 4 is 17.8 Å². The SMILES string of the molecule is CC[C@@H](CO[C@@H](C)OC(C)C(O)[C@H](O)CO)CC(C[C@H](C)O[C@@H]1O[C@@H](CO)C(O)C(O[C@@H](CC2CCCCC2)C(=O)O)C1NC(C)=O)C(=O)NCc1ccc(CN)cc1. The molecular formula is C42H71N3O14. The molecular weight excluding hydrogens is 770 g/mol. The maximum atomic E-state index is 14.0. The zero-order valence-electron chi connectivity index (χ0n) is 35.3. The molecule has 0 radical (unpaired) electrons. The Labute approximate surface area is 348 Å². The van der Waals surface area contributed by atoms with E-state index < -0.39 is 98.5 Å². The summed E-state index contributed by atoms with van der Waals surface area (Å²) in [6.07, 6.45) is -5.43. The zero-order chi connectivity index (χ0) is 43.6. The van der Waals surface area contributed by atoms with E-state index in [0.29, 0.717) is 19.4 Å². The number of carbonyl (C=O) groups is 3. The largest absolute Gasteiger partial charge is 0.479 e. The first-order chi connectivity index (χ1) is 28.1. The number of rotatable bonds is 26. The molecule has 2 fully saturated rings. The summed E-state index contributed by atoms with van der Waals surface area (Å²) in [5.74, 6) is -2.59. The molecule has 59 heavy (non-hydrogen) atoms. The molecule has 2 amide bonds. The van der Waals surface area contributed by atoms with Gasteiger partial charge in [0.2, 0.25) is 11.8 Å². The predicted molar refractivity (Wildman–Crippen MR) is 215 cm³/mol. The molecule has 0 bridgehead atoms. The Morgan fingerprint density at radius 1 is 0.983 bits per heavy atom. The van der Waals surface area contributed by atoms with Crippen LogP contribution in [0.5, 0.6) is 0 Å². The molecule has 338 valence electrons. The standard InChI is InChI=1S/C42H71N3O14/c1-6-28(23-55-27(5)57-25(3)37(50)33(49)21-46)17-32(40(52)44-20-31-14-12-30(19-43)13-15-31)16-24(2)56-42-36(45-26(4)48)39(38(51)35(22-47)59-42)58-34(41(53)54)18-29-10-8-7-9-11-29/h12-15,24-25,27-29,32-39,42,46-47,49-51H,6-11,16-23,43H2,1-5H3,(H,44,52)(H,45,48)(H,53,54)/t24-,25?,27+,28+,32?,33+,34-,35-,36?,37?,38?,39?,42+/m0/s1. The predicted octanol–water partition coefficient (Wildman–Crippen LogP) is 1.46. The van der Waals surface area contributed by atoms with E-state index in [0.717, 1.165) is 43.2 Å². The number of amides is 2. The van der Waals surface area contributed by atoms with Gasteiger partial charge in [0.15, 0.2) is 18.7 Å². The van der Waals surface area contributed by atoms with Crippen LogP contribution < -0.4 is 16.4 Å². The molecule has 1 saturated carbocycles. The third-order valence-electron chi connectivity index (χ3n) is 11.4. The van der Waals surface area contributed by atoms with Crippen LogP contribution in [-0.2, 0) is 51.2 Å². The van der Waals surface area contributed by atoms with E-state index in [1.165, 1.54) is 6.92 Å². The van der Waals surface area contributed by atoms with Gasteiger partial charge in [0, 0.05) is 25.9 Å². The van der Waals surface area contributed by atoms with Crippen LogP contribution in [0, 0.1) is 17.8 Å². The number of aliphatic hydroxyl groups is 5. The van der Waals surface area contributed by atoms with Gasteiger partial charge in [-0.1, -0.05) is 69.7 Å². The Balaban J connectivity index is 1.80. The third-order valence-corrected chi connectivity index (χ3v) is 11.4. The van der Waals surface area contributed by atoms with Crippen LogP contribution in [0.4, 0.5) is 0 Å². The van der Waals surface area contributed by atoms with E-state index in [9.17, 15) is 45.0 Å². The summed E-state index contributed by atoms with van der Waals surface area (Å²) in [4.78, 5) is 39.0. The van der Waals surface area contributed by atoms with Gasteiger partial charge in [0.25, 0.3) is 0 Å². The van der Waals surface area contributed by atoms with Gasteiger partial charge in [-0.05, 0) is 63.0 Å². The highest BCUT2D eigenvalue weighted by Gasteiger charge is 2.49. The van der Waals surface area contributed by atoms with E-state index in [4.69, 9.17) is 29.4 Å². The molecule has 2 aliphatic rings. The average Bonchev–Trinajstić information content (AvgIpc) is 3.22. The van der Waals surface area contributed by atoms with Crippen molar-refractivity contribution in [2.75, 3.05) is 19.8 Å². The summed E-state index contributed by atoms with van der Waals surface area (Å²) in [7, 11) is 0. The molecule has 0 spiro atoms. The average molecular weight is 842 g/mol. The first-order valence-electron chi connectivity index (χ1n) is 21.1. The monoisotopic (exact) mass is 841 g/mol. The lowest BCUT2D eigenvalue weighted by Gasteiger charge is -2.45. The molecule has 1 aromatic rings. The number of aliphatic hydroxyl groups excluding tert-OH is 5. The number of nitrogens with one attached hydrogen (secondary N) is 2. The molecule has 17 nitrogen and oxygen atoms in total. The summed E-state index contributed by atoms with van der Waals surface area (Å²) in [5.41, 5.74) is 7.58. The maximum absolute atomic E-state index is 14.0. The molecule has 1 aliphatic carbocycles. The zero-order valence-corrected chi connectivity index (χ0v) is 35.3. The summed E-state index contributed by atoms with van der Waals surface area (Å²) in [6, 6.07) is 6.40. The van der Waals surface area contributed by atoms with Gasteiger partial charge < -0.3 is 70.7 Å². The van der Waals surface area contributed by atoms with Gasteiger partial charge in [-0.3, -0.25) is 9.59 Å². The lowest BCUT2D eigenvalue weighted by Crippen LogP contribution is -2.66. The first-order valence-corrected chi connectivity index (χ1v) is 21.1. The molecule has 6 unspecified atom stereocenters. The van der Waals surface area contributed by atoms with E-state index >= 15 is 0 Å². The Hall–Kier alpha value is -2.81. The van der Waals surface area contributed by atoms with Crippen LogP contribution in [-0.4, -0.2) is 136 Å². The lowest BCUT2D eigenvalue weighted by molar-refractivity contribution is -0.292. The normalized spacial score (nSPS) is 25.5.